The Balaban J connectivity index is 2.00. The van der Waals surface area contributed by atoms with Gasteiger partial charge >= 0.3 is 0 Å². The van der Waals surface area contributed by atoms with Gasteiger partial charge in [0.25, 0.3) is 5.91 Å². The number of carbonyl (C=O) groups excluding carboxylic acids is 1. The Kier molecular flexibility index (Phi) is 5.51. The SMILES string of the molecule is Cc1ccc(NC(=O)COc2cc(Cl)c(Cl)cc2Cl)c(F)c1. The van der Waals surface area contributed by atoms with Gasteiger partial charge in [-0.1, -0.05) is 40.9 Å². The molecule has 0 radical (unpaired) electrons. The van der Waals surface area contributed by atoms with Crippen molar-refractivity contribution in [1.82, 2.24) is 0 Å². The molecule has 0 atom stereocenters. The van der Waals surface area contributed by atoms with Gasteiger partial charge in [-0.15, -0.1) is 0 Å². The van der Waals surface area contributed by atoms with Crippen LogP contribution in [0.1, 0.15) is 5.56 Å². The van der Waals surface area contributed by atoms with E-state index in [1.54, 1.807) is 13.0 Å². The lowest BCUT2D eigenvalue weighted by Gasteiger charge is -2.10. The van der Waals surface area contributed by atoms with E-state index in [-0.39, 0.29) is 33.1 Å². The number of carbonyl (C=O) groups is 1. The maximum Gasteiger partial charge on any atom is 0.262 e. The molecule has 0 saturated heterocycles. The minimum Gasteiger partial charge on any atom is -0.482 e. The van der Waals surface area contributed by atoms with Gasteiger partial charge in [0.1, 0.15) is 11.6 Å². The molecule has 116 valence electrons. The Hall–Kier alpha value is -1.49. The lowest BCUT2D eigenvalue weighted by atomic mass is 10.2. The molecule has 22 heavy (non-hydrogen) atoms. The van der Waals surface area contributed by atoms with E-state index < -0.39 is 11.7 Å². The fourth-order valence-electron chi connectivity index (χ4n) is 1.67. The van der Waals surface area contributed by atoms with Gasteiger partial charge < -0.3 is 10.1 Å². The van der Waals surface area contributed by atoms with Crippen molar-refractivity contribution in [3.05, 3.63) is 56.8 Å². The van der Waals surface area contributed by atoms with E-state index in [1.807, 2.05) is 0 Å². The lowest BCUT2D eigenvalue weighted by Crippen LogP contribution is -2.20. The Bertz CT molecular complexity index is 722. The normalized spacial score (nSPS) is 10.4. The minimum absolute atomic E-state index is 0.0828. The van der Waals surface area contributed by atoms with Gasteiger partial charge in [0.15, 0.2) is 6.61 Å². The molecule has 0 bridgehead atoms. The first-order valence-electron chi connectivity index (χ1n) is 6.20. The molecule has 1 amide bonds. The predicted octanol–water partition coefficient (Wildman–Crippen LogP) is 5.11. The number of ether oxygens (including phenoxy) is 1. The van der Waals surface area contributed by atoms with Gasteiger partial charge in [-0.05, 0) is 30.7 Å². The Labute approximate surface area is 141 Å². The van der Waals surface area contributed by atoms with Crippen molar-refractivity contribution < 1.29 is 13.9 Å². The van der Waals surface area contributed by atoms with Crippen LogP contribution >= 0.6 is 34.8 Å². The van der Waals surface area contributed by atoms with Crippen LogP contribution in [0.15, 0.2) is 30.3 Å². The topological polar surface area (TPSA) is 38.3 Å². The first-order chi connectivity index (χ1) is 10.4. The summed E-state index contributed by atoms with van der Waals surface area (Å²) in [6.45, 7) is 1.41. The van der Waals surface area contributed by atoms with E-state index in [0.717, 1.165) is 5.56 Å². The summed E-state index contributed by atoms with van der Waals surface area (Å²) in [4.78, 5) is 11.8. The van der Waals surface area contributed by atoms with Crippen molar-refractivity contribution in [2.75, 3.05) is 11.9 Å². The van der Waals surface area contributed by atoms with E-state index >= 15 is 0 Å². The number of benzene rings is 2. The van der Waals surface area contributed by atoms with Crippen molar-refractivity contribution in [2.24, 2.45) is 0 Å². The van der Waals surface area contributed by atoms with E-state index in [9.17, 15) is 9.18 Å². The summed E-state index contributed by atoms with van der Waals surface area (Å²) in [5.41, 5.74) is 0.841. The molecule has 0 aliphatic rings. The summed E-state index contributed by atoms with van der Waals surface area (Å²) < 4.78 is 18.9. The molecule has 2 aromatic carbocycles. The van der Waals surface area contributed by atoms with E-state index in [2.05, 4.69) is 5.32 Å². The van der Waals surface area contributed by atoms with E-state index in [0.29, 0.717) is 0 Å². The number of hydrogen-bond acceptors (Lipinski definition) is 2. The number of amides is 1. The van der Waals surface area contributed by atoms with Gasteiger partial charge in [0, 0.05) is 6.07 Å². The molecule has 0 heterocycles. The van der Waals surface area contributed by atoms with E-state index in [4.69, 9.17) is 39.5 Å². The highest BCUT2D eigenvalue weighted by Gasteiger charge is 2.11. The summed E-state index contributed by atoms with van der Waals surface area (Å²) in [6.07, 6.45) is 0. The summed E-state index contributed by atoms with van der Waals surface area (Å²) in [6, 6.07) is 7.32. The summed E-state index contributed by atoms with van der Waals surface area (Å²) in [5.74, 6) is -0.818. The molecule has 0 aliphatic carbocycles. The fourth-order valence-corrected chi connectivity index (χ4v) is 2.26. The highest BCUT2D eigenvalue weighted by molar-refractivity contribution is 6.43. The van der Waals surface area contributed by atoms with Crippen LogP contribution in [0.2, 0.25) is 15.1 Å². The minimum atomic E-state index is -0.523. The molecule has 0 spiro atoms. The molecule has 1 N–H and O–H groups in total. The molecule has 0 unspecified atom stereocenters. The zero-order valence-corrected chi connectivity index (χ0v) is 13.7. The summed E-state index contributed by atoms with van der Waals surface area (Å²) in [7, 11) is 0. The third kappa shape index (κ3) is 4.26. The number of anilines is 1. The standard InChI is InChI=1S/C15H11Cl3FNO2/c1-8-2-3-13(12(19)4-8)20-15(21)7-22-14-6-10(17)9(16)5-11(14)18/h2-6H,7H2,1H3,(H,20,21). The molecule has 0 fully saturated rings. The molecule has 2 aromatic rings. The molecule has 0 saturated carbocycles. The maximum atomic E-state index is 13.6. The fraction of sp³-hybridized carbons (Fsp3) is 0.133. The summed E-state index contributed by atoms with van der Waals surface area (Å²) >= 11 is 17.6. The van der Waals surface area contributed by atoms with Crippen molar-refractivity contribution in [3.63, 3.8) is 0 Å². The summed E-state index contributed by atoms with van der Waals surface area (Å²) in [5, 5.41) is 3.18. The van der Waals surface area contributed by atoms with Gasteiger partial charge in [-0.2, -0.15) is 0 Å². The number of rotatable bonds is 4. The van der Waals surface area contributed by atoms with Crippen molar-refractivity contribution in [3.8, 4) is 5.75 Å². The number of halogens is 4. The Morgan fingerprint density at radius 3 is 2.50 bits per heavy atom. The molecule has 7 heteroatoms. The van der Waals surface area contributed by atoms with E-state index in [1.165, 1.54) is 24.3 Å². The molecular formula is C15H11Cl3FNO2. The first kappa shape index (κ1) is 16.9. The van der Waals surface area contributed by atoms with Gasteiger partial charge in [-0.25, -0.2) is 4.39 Å². The van der Waals surface area contributed by atoms with Crippen molar-refractivity contribution in [1.29, 1.82) is 0 Å². The maximum absolute atomic E-state index is 13.6. The number of hydrogen-bond donors (Lipinski definition) is 1. The second kappa shape index (κ2) is 7.18. The molecule has 3 nitrogen and oxygen atoms in total. The molecule has 0 aromatic heterocycles. The van der Waals surface area contributed by atoms with Crippen LogP contribution in [0.5, 0.6) is 5.75 Å². The third-order valence-electron chi connectivity index (χ3n) is 2.73. The van der Waals surface area contributed by atoms with Gasteiger partial charge in [0.2, 0.25) is 0 Å². The lowest BCUT2D eigenvalue weighted by molar-refractivity contribution is -0.118. The highest BCUT2D eigenvalue weighted by atomic mass is 35.5. The van der Waals surface area contributed by atoms with Crippen LogP contribution in [0, 0.1) is 12.7 Å². The van der Waals surface area contributed by atoms with Crippen LogP contribution in [0.3, 0.4) is 0 Å². The quantitative estimate of drug-likeness (QED) is 0.767. The zero-order chi connectivity index (χ0) is 16.3. The van der Waals surface area contributed by atoms with Crippen molar-refractivity contribution >= 4 is 46.4 Å². The zero-order valence-electron chi connectivity index (χ0n) is 11.4. The second-order valence-electron chi connectivity index (χ2n) is 4.52. The number of aryl methyl sites for hydroxylation is 1. The average Bonchev–Trinajstić information content (AvgIpc) is 2.44. The van der Waals surface area contributed by atoms with Crippen LogP contribution in [0.25, 0.3) is 0 Å². The Morgan fingerprint density at radius 1 is 1.14 bits per heavy atom. The largest absolute Gasteiger partial charge is 0.482 e. The predicted molar refractivity (Wildman–Crippen MR) is 86.7 cm³/mol. The second-order valence-corrected chi connectivity index (χ2v) is 5.74. The molecule has 0 aliphatic heterocycles. The van der Waals surface area contributed by atoms with Crippen LogP contribution < -0.4 is 10.1 Å². The average molecular weight is 363 g/mol. The van der Waals surface area contributed by atoms with Gasteiger partial charge in [-0.3, -0.25) is 4.79 Å². The Morgan fingerprint density at radius 2 is 1.82 bits per heavy atom. The van der Waals surface area contributed by atoms with Gasteiger partial charge in [0.05, 0.1) is 20.8 Å². The van der Waals surface area contributed by atoms with Crippen LogP contribution in [-0.2, 0) is 4.79 Å². The molecular weight excluding hydrogens is 352 g/mol. The highest BCUT2D eigenvalue weighted by Crippen LogP contribution is 2.33. The first-order valence-corrected chi connectivity index (χ1v) is 7.33. The third-order valence-corrected chi connectivity index (χ3v) is 3.75. The number of nitrogens with one attached hydrogen (secondary N) is 1. The van der Waals surface area contributed by atoms with Crippen LogP contribution in [-0.4, -0.2) is 12.5 Å². The molecule has 2 rings (SSSR count). The van der Waals surface area contributed by atoms with Crippen LogP contribution in [0.4, 0.5) is 10.1 Å². The van der Waals surface area contributed by atoms with Crippen molar-refractivity contribution in [2.45, 2.75) is 6.92 Å². The monoisotopic (exact) mass is 361 g/mol. The smallest absolute Gasteiger partial charge is 0.262 e.